The van der Waals surface area contributed by atoms with Crippen LogP contribution in [-0.4, -0.2) is 26.2 Å². The quantitative estimate of drug-likeness (QED) is 0.695. The van der Waals surface area contributed by atoms with Crippen molar-refractivity contribution in [2.75, 3.05) is 14.2 Å². The van der Waals surface area contributed by atoms with E-state index < -0.39 is 0 Å². The zero-order valence-electron chi connectivity index (χ0n) is 11.3. The van der Waals surface area contributed by atoms with Gasteiger partial charge in [0.05, 0.1) is 26.1 Å². The molecule has 0 aromatic heterocycles. The number of fused-ring (bicyclic) bond motifs is 1. The van der Waals surface area contributed by atoms with Crippen molar-refractivity contribution in [3.63, 3.8) is 0 Å². The highest BCUT2D eigenvalue weighted by Gasteiger charge is 2.97. The van der Waals surface area contributed by atoms with Gasteiger partial charge in [-0.15, -0.1) is 0 Å². The third-order valence-corrected chi connectivity index (χ3v) is 7.45. The molecule has 2 unspecified atom stereocenters. The van der Waals surface area contributed by atoms with Crippen LogP contribution in [0.25, 0.3) is 0 Å². The molecular weight excluding hydrogens is 244 g/mol. The Kier molecular flexibility index (Phi) is 1.52. The van der Waals surface area contributed by atoms with Crippen LogP contribution in [-0.2, 0) is 19.1 Å². The Hall–Kier alpha value is -1.06. The summed E-state index contributed by atoms with van der Waals surface area (Å²) in [5, 5.41) is 0. The van der Waals surface area contributed by atoms with Gasteiger partial charge in [0, 0.05) is 0 Å². The van der Waals surface area contributed by atoms with E-state index in [4.69, 9.17) is 9.47 Å². The van der Waals surface area contributed by atoms with Gasteiger partial charge in [-0.05, 0) is 46.8 Å². The first-order valence-electron chi connectivity index (χ1n) is 7.24. The maximum atomic E-state index is 12.2. The third kappa shape index (κ3) is 0.796. The van der Waals surface area contributed by atoms with Crippen molar-refractivity contribution in [2.24, 2.45) is 58.7 Å². The molecule has 0 radical (unpaired) electrons. The molecule has 0 spiro atoms. The van der Waals surface area contributed by atoms with Crippen LogP contribution in [0.4, 0.5) is 0 Å². The predicted molar refractivity (Wildman–Crippen MR) is 63.5 cm³/mol. The third-order valence-electron chi connectivity index (χ3n) is 7.45. The Morgan fingerprint density at radius 1 is 0.789 bits per heavy atom. The van der Waals surface area contributed by atoms with Gasteiger partial charge in [-0.2, -0.15) is 0 Å². The van der Waals surface area contributed by atoms with Gasteiger partial charge in [-0.1, -0.05) is 6.92 Å². The lowest BCUT2D eigenvalue weighted by molar-refractivity contribution is -0.171. The highest BCUT2D eigenvalue weighted by atomic mass is 16.5. The monoisotopic (exact) mass is 262 g/mol. The fraction of sp³-hybridized carbons (Fsp3) is 0.867. The minimum absolute atomic E-state index is 0.191. The summed E-state index contributed by atoms with van der Waals surface area (Å²) in [7, 11) is 2.87. The van der Waals surface area contributed by atoms with Crippen LogP contribution in [0.15, 0.2) is 0 Å². The molecule has 0 aromatic carbocycles. The average molecular weight is 262 g/mol. The van der Waals surface area contributed by atoms with Crippen LogP contribution >= 0.6 is 0 Å². The molecule has 10 atom stereocenters. The van der Waals surface area contributed by atoms with E-state index in [2.05, 4.69) is 6.92 Å². The molecule has 4 nitrogen and oxygen atoms in total. The number of rotatable bonds is 2. The number of carbonyl (C=O) groups is 2. The maximum absolute atomic E-state index is 12.2. The zero-order chi connectivity index (χ0) is 13.3. The lowest BCUT2D eigenvalue weighted by Crippen LogP contribution is -2.51. The molecule has 2 bridgehead atoms. The van der Waals surface area contributed by atoms with E-state index in [1.165, 1.54) is 14.2 Å². The Labute approximate surface area is 111 Å². The van der Waals surface area contributed by atoms with E-state index in [0.29, 0.717) is 40.9 Å². The maximum Gasteiger partial charge on any atom is 0.309 e. The Morgan fingerprint density at radius 3 is 1.47 bits per heavy atom. The highest BCUT2D eigenvalue weighted by molar-refractivity contribution is 5.84. The van der Waals surface area contributed by atoms with Gasteiger partial charge in [-0.25, -0.2) is 0 Å². The Morgan fingerprint density at radius 2 is 1.21 bits per heavy atom. The van der Waals surface area contributed by atoms with E-state index >= 15 is 0 Å². The molecule has 6 saturated carbocycles. The molecule has 6 aliphatic carbocycles. The second kappa shape index (κ2) is 2.70. The SMILES string of the molecule is COC(=O)[C@@H]1[C@H](C(=O)OC)[C@H]2[C@H]3C4[C@H]3[C@H]1[C@H]1[C@@H]2C41C. The largest absolute Gasteiger partial charge is 0.469 e. The molecule has 0 amide bonds. The van der Waals surface area contributed by atoms with E-state index in [0.717, 1.165) is 5.92 Å². The van der Waals surface area contributed by atoms with Gasteiger partial charge in [0.25, 0.3) is 0 Å². The molecule has 0 aliphatic heterocycles. The molecule has 6 aliphatic rings. The van der Waals surface area contributed by atoms with E-state index in [1.807, 2.05) is 0 Å². The van der Waals surface area contributed by atoms with Gasteiger partial charge in [-0.3, -0.25) is 9.59 Å². The van der Waals surface area contributed by atoms with Crippen LogP contribution in [0, 0.1) is 58.7 Å². The fourth-order valence-corrected chi connectivity index (χ4v) is 7.30. The van der Waals surface area contributed by atoms with Gasteiger partial charge in [0.1, 0.15) is 0 Å². The second-order valence-corrected chi connectivity index (χ2v) is 7.35. The highest BCUT2D eigenvalue weighted by Crippen LogP contribution is 2.98. The van der Waals surface area contributed by atoms with Crippen molar-refractivity contribution < 1.29 is 19.1 Å². The fourth-order valence-electron chi connectivity index (χ4n) is 7.30. The van der Waals surface area contributed by atoms with Gasteiger partial charge < -0.3 is 9.47 Å². The summed E-state index contributed by atoms with van der Waals surface area (Å²) in [6.07, 6.45) is 0. The first-order chi connectivity index (χ1) is 9.08. The van der Waals surface area contributed by atoms with E-state index in [1.54, 1.807) is 0 Å². The van der Waals surface area contributed by atoms with Crippen molar-refractivity contribution in [1.29, 1.82) is 0 Å². The summed E-state index contributed by atoms with van der Waals surface area (Å²) in [6, 6.07) is 0. The molecular formula is C15H18O4. The molecule has 0 heterocycles. The number of carbonyl (C=O) groups excluding carboxylic acids is 2. The van der Waals surface area contributed by atoms with Crippen molar-refractivity contribution in [3.8, 4) is 0 Å². The summed E-state index contributed by atoms with van der Waals surface area (Å²) in [5.41, 5.74) is 0.444. The minimum Gasteiger partial charge on any atom is -0.469 e. The van der Waals surface area contributed by atoms with Gasteiger partial charge in [0.15, 0.2) is 0 Å². The number of esters is 2. The standard InChI is InChI=1S/C15H18O4/c1-15-10-4-5(10)7-9(14(17)19-3)8(13(16)18-2)6(4)11(15)12(7)15/h4-12H,1-3H3/t4-,5+,6-,7-,8+,9-,10?,11+,12-,15?/m1/s1. The molecule has 0 aromatic rings. The topological polar surface area (TPSA) is 52.6 Å². The molecule has 0 N–H and O–H groups in total. The number of methoxy groups -OCH3 is 2. The molecule has 102 valence electrons. The normalized spacial score (nSPS) is 64.7. The zero-order valence-corrected chi connectivity index (χ0v) is 11.3. The summed E-state index contributed by atoms with van der Waals surface area (Å²) in [5.74, 6) is 3.50. The summed E-state index contributed by atoms with van der Waals surface area (Å²) in [6.45, 7) is 2.38. The van der Waals surface area contributed by atoms with Crippen molar-refractivity contribution in [1.82, 2.24) is 0 Å². The number of hydrogen-bond acceptors (Lipinski definition) is 4. The van der Waals surface area contributed by atoms with Gasteiger partial charge in [0.2, 0.25) is 0 Å². The van der Waals surface area contributed by atoms with Crippen LogP contribution in [0.3, 0.4) is 0 Å². The van der Waals surface area contributed by atoms with Crippen molar-refractivity contribution >= 4 is 11.9 Å². The first kappa shape index (κ1) is 10.7. The van der Waals surface area contributed by atoms with Crippen molar-refractivity contribution in [2.45, 2.75) is 6.92 Å². The lowest BCUT2D eigenvalue weighted by atomic mass is 9.58. The molecule has 4 heteroatoms. The molecule has 19 heavy (non-hydrogen) atoms. The molecule has 6 fully saturated rings. The minimum atomic E-state index is -0.237. The molecule has 6 rings (SSSR count). The predicted octanol–water partition coefficient (Wildman–Crippen LogP) is 0.952. The summed E-state index contributed by atoms with van der Waals surface area (Å²) >= 11 is 0. The Bertz CT molecular complexity index is 484. The van der Waals surface area contributed by atoms with Crippen LogP contribution < -0.4 is 0 Å². The van der Waals surface area contributed by atoms with E-state index in [9.17, 15) is 9.59 Å². The number of ether oxygens (including phenoxy) is 2. The summed E-state index contributed by atoms with van der Waals surface area (Å²) in [4.78, 5) is 24.4. The average Bonchev–Trinajstić information content (AvgIpc) is 3.26. The van der Waals surface area contributed by atoms with Crippen LogP contribution in [0.2, 0.25) is 0 Å². The van der Waals surface area contributed by atoms with Crippen LogP contribution in [0.1, 0.15) is 6.92 Å². The first-order valence-corrected chi connectivity index (χ1v) is 7.24. The van der Waals surface area contributed by atoms with Gasteiger partial charge >= 0.3 is 11.9 Å². The lowest BCUT2D eigenvalue weighted by Gasteiger charge is -2.44. The smallest absolute Gasteiger partial charge is 0.309 e. The second-order valence-electron chi connectivity index (χ2n) is 7.35. The van der Waals surface area contributed by atoms with Crippen LogP contribution in [0.5, 0.6) is 0 Å². The Balaban J connectivity index is 1.62. The molecule has 0 saturated heterocycles. The number of hydrogen-bond donors (Lipinski definition) is 0. The van der Waals surface area contributed by atoms with Crippen molar-refractivity contribution in [3.05, 3.63) is 0 Å². The summed E-state index contributed by atoms with van der Waals surface area (Å²) < 4.78 is 9.99. The van der Waals surface area contributed by atoms with E-state index in [-0.39, 0.29) is 23.8 Å².